The average Bonchev–Trinajstić information content (AvgIpc) is 2.67. The average molecular weight is 170 g/mol. The summed E-state index contributed by atoms with van der Waals surface area (Å²) in [6.07, 6.45) is 1.44. The van der Waals surface area contributed by atoms with Crippen LogP contribution < -0.4 is 10.6 Å². The predicted molar refractivity (Wildman–Crippen MR) is 53.2 cm³/mol. The number of rotatable bonds is 6. The highest BCUT2D eigenvalue weighted by atomic mass is 14.9. The molecule has 0 amide bonds. The molecule has 0 bridgehead atoms. The molecular weight excluding hydrogens is 148 g/mol. The fourth-order valence-corrected chi connectivity index (χ4v) is 1.62. The Bertz CT molecular complexity index is 125. The van der Waals surface area contributed by atoms with E-state index in [9.17, 15) is 0 Å². The highest BCUT2D eigenvalue weighted by molar-refractivity contribution is 4.84. The summed E-state index contributed by atoms with van der Waals surface area (Å²) >= 11 is 0. The van der Waals surface area contributed by atoms with Crippen molar-refractivity contribution in [1.29, 1.82) is 0 Å². The van der Waals surface area contributed by atoms with Crippen molar-refractivity contribution in [2.45, 2.75) is 20.3 Å². The van der Waals surface area contributed by atoms with Gasteiger partial charge in [0.2, 0.25) is 0 Å². The van der Waals surface area contributed by atoms with Crippen LogP contribution >= 0.6 is 0 Å². The van der Waals surface area contributed by atoms with Gasteiger partial charge in [0, 0.05) is 0 Å². The van der Waals surface area contributed by atoms with Crippen LogP contribution in [0.1, 0.15) is 20.3 Å². The lowest BCUT2D eigenvalue weighted by Crippen LogP contribution is -2.29. The van der Waals surface area contributed by atoms with Crippen LogP contribution in [0.25, 0.3) is 0 Å². The molecule has 1 saturated carbocycles. The maximum Gasteiger partial charge on any atom is -0.00109 e. The van der Waals surface area contributed by atoms with Crippen LogP contribution in [0.3, 0.4) is 0 Å². The van der Waals surface area contributed by atoms with Gasteiger partial charge < -0.3 is 10.6 Å². The number of nitrogens with one attached hydrogen (secondary N) is 2. The van der Waals surface area contributed by atoms with Crippen molar-refractivity contribution in [2.75, 3.05) is 26.7 Å². The van der Waals surface area contributed by atoms with E-state index in [1.807, 2.05) is 7.05 Å². The van der Waals surface area contributed by atoms with Gasteiger partial charge in [-0.05, 0) is 50.9 Å². The third kappa shape index (κ3) is 3.55. The van der Waals surface area contributed by atoms with Gasteiger partial charge in [0.1, 0.15) is 0 Å². The van der Waals surface area contributed by atoms with E-state index in [1.54, 1.807) is 0 Å². The molecule has 1 rings (SSSR count). The molecule has 0 radical (unpaired) electrons. The largest absolute Gasteiger partial charge is 0.319 e. The first-order valence-corrected chi connectivity index (χ1v) is 5.09. The van der Waals surface area contributed by atoms with E-state index in [0.29, 0.717) is 0 Å². The van der Waals surface area contributed by atoms with Crippen molar-refractivity contribution in [3.8, 4) is 0 Å². The van der Waals surface area contributed by atoms with Gasteiger partial charge >= 0.3 is 0 Å². The first kappa shape index (κ1) is 10.0. The highest BCUT2D eigenvalue weighted by Gasteiger charge is 2.31. The summed E-state index contributed by atoms with van der Waals surface area (Å²) in [6.45, 7) is 8.12. The van der Waals surface area contributed by atoms with Gasteiger partial charge in [-0.1, -0.05) is 13.8 Å². The van der Waals surface area contributed by atoms with E-state index in [2.05, 4.69) is 24.5 Å². The second kappa shape index (κ2) is 4.83. The lowest BCUT2D eigenvalue weighted by molar-refractivity contribution is 0.479. The van der Waals surface area contributed by atoms with Crippen LogP contribution in [-0.2, 0) is 0 Å². The summed E-state index contributed by atoms with van der Waals surface area (Å²) in [5.74, 6) is 2.72. The van der Waals surface area contributed by atoms with E-state index in [4.69, 9.17) is 0 Å². The van der Waals surface area contributed by atoms with Crippen LogP contribution in [0.15, 0.2) is 0 Å². The minimum Gasteiger partial charge on any atom is -0.319 e. The Morgan fingerprint density at radius 1 is 1.42 bits per heavy atom. The summed E-state index contributed by atoms with van der Waals surface area (Å²) < 4.78 is 0. The van der Waals surface area contributed by atoms with Crippen LogP contribution in [0.4, 0.5) is 0 Å². The second-order valence-corrected chi connectivity index (χ2v) is 4.29. The molecule has 1 aliphatic carbocycles. The Balaban J connectivity index is 1.88. The molecule has 2 N–H and O–H groups in total. The van der Waals surface area contributed by atoms with Gasteiger partial charge in [-0.25, -0.2) is 0 Å². The number of hydrogen-bond acceptors (Lipinski definition) is 2. The molecular formula is C10H22N2. The van der Waals surface area contributed by atoms with Gasteiger partial charge in [-0.3, -0.25) is 0 Å². The fraction of sp³-hybridized carbons (Fsp3) is 1.00. The van der Waals surface area contributed by atoms with Crippen LogP contribution in [0, 0.1) is 17.8 Å². The van der Waals surface area contributed by atoms with Gasteiger partial charge in [0.25, 0.3) is 0 Å². The molecule has 0 aromatic carbocycles. The van der Waals surface area contributed by atoms with Gasteiger partial charge in [-0.15, -0.1) is 0 Å². The molecule has 1 aliphatic rings. The van der Waals surface area contributed by atoms with Crippen molar-refractivity contribution in [3.05, 3.63) is 0 Å². The van der Waals surface area contributed by atoms with Crippen LogP contribution in [-0.4, -0.2) is 26.7 Å². The third-order valence-corrected chi connectivity index (χ3v) is 2.73. The SMILES string of the molecule is CNCC(C)CNCC1CC1C. The molecule has 0 aliphatic heterocycles. The van der Waals surface area contributed by atoms with Crippen LogP contribution in [0.2, 0.25) is 0 Å². The zero-order chi connectivity index (χ0) is 8.97. The smallest absolute Gasteiger partial charge is 0.00109 e. The zero-order valence-corrected chi connectivity index (χ0v) is 8.56. The molecule has 3 atom stereocenters. The van der Waals surface area contributed by atoms with Crippen molar-refractivity contribution < 1.29 is 0 Å². The van der Waals surface area contributed by atoms with Crippen molar-refractivity contribution in [1.82, 2.24) is 10.6 Å². The molecule has 0 saturated heterocycles. The topological polar surface area (TPSA) is 24.1 Å². The highest BCUT2D eigenvalue weighted by Crippen LogP contribution is 2.36. The van der Waals surface area contributed by atoms with E-state index in [-0.39, 0.29) is 0 Å². The number of hydrogen-bond donors (Lipinski definition) is 2. The molecule has 1 fully saturated rings. The van der Waals surface area contributed by atoms with Crippen molar-refractivity contribution in [3.63, 3.8) is 0 Å². The van der Waals surface area contributed by atoms with Gasteiger partial charge in [-0.2, -0.15) is 0 Å². The van der Waals surface area contributed by atoms with Crippen molar-refractivity contribution in [2.24, 2.45) is 17.8 Å². The summed E-state index contributed by atoms with van der Waals surface area (Å²) in [5.41, 5.74) is 0. The normalized spacial score (nSPS) is 30.2. The molecule has 0 heterocycles. The van der Waals surface area contributed by atoms with E-state index < -0.39 is 0 Å². The lowest BCUT2D eigenvalue weighted by Gasteiger charge is -2.11. The van der Waals surface area contributed by atoms with E-state index >= 15 is 0 Å². The molecule has 0 aromatic heterocycles. The lowest BCUT2D eigenvalue weighted by atomic mass is 10.2. The minimum atomic E-state index is 0.754. The summed E-state index contributed by atoms with van der Waals surface area (Å²) in [7, 11) is 2.01. The fourth-order valence-electron chi connectivity index (χ4n) is 1.62. The molecule has 12 heavy (non-hydrogen) atoms. The molecule has 2 nitrogen and oxygen atoms in total. The summed E-state index contributed by atoms with van der Waals surface area (Å²) in [6, 6.07) is 0. The quantitative estimate of drug-likeness (QED) is 0.623. The molecule has 3 unspecified atom stereocenters. The van der Waals surface area contributed by atoms with E-state index in [0.717, 1.165) is 30.8 Å². The van der Waals surface area contributed by atoms with Gasteiger partial charge in [0.05, 0.1) is 0 Å². The Morgan fingerprint density at radius 3 is 2.58 bits per heavy atom. The Morgan fingerprint density at radius 2 is 2.08 bits per heavy atom. The minimum absolute atomic E-state index is 0.754. The van der Waals surface area contributed by atoms with Crippen molar-refractivity contribution >= 4 is 0 Å². The Kier molecular flexibility index (Phi) is 4.02. The summed E-state index contributed by atoms with van der Waals surface area (Å²) in [4.78, 5) is 0. The zero-order valence-electron chi connectivity index (χ0n) is 8.56. The Hall–Kier alpha value is -0.0800. The predicted octanol–water partition coefficient (Wildman–Crippen LogP) is 1.09. The third-order valence-electron chi connectivity index (χ3n) is 2.73. The maximum atomic E-state index is 3.52. The molecule has 72 valence electrons. The monoisotopic (exact) mass is 170 g/mol. The van der Waals surface area contributed by atoms with Gasteiger partial charge in [0.15, 0.2) is 0 Å². The maximum absolute atomic E-state index is 3.52. The summed E-state index contributed by atoms with van der Waals surface area (Å²) in [5, 5.41) is 6.71. The Labute approximate surface area is 76.1 Å². The second-order valence-electron chi connectivity index (χ2n) is 4.29. The molecule has 0 spiro atoms. The van der Waals surface area contributed by atoms with Crippen LogP contribution in [0.5, 0.6) is 0 Å². The molecule has 0 aromatic rings. The first-order chi connectivity index (χ1) is 5.74. The first-order valence-electron chi connectivity index (χ1n) is 5.09. The van der Waals surface area contributed by atoms with E-state index in [1.165, 1.54) is 13.0 Å². The standard InChI is InChI=1S/C10H22N2/c1-8(5-11-3)6-12-7-10-4-9(10)2/h8-12H,4-7H2,1-3H3. The molecule has 2 heteroatoms.